The molecule has 3 heteroatoms. The van der Waals surface area contributed by atoms with E-state index in [0.29, 0.717) is 6.54 Å². The lowest BCUT2D eigenvalue weighted by Crippen LogP contribution is -2.30. The summed E-state index contributed by atoms with van der Waals surface area (Å²) >= 11 is 3.53. The van der Waals surface area contributed by atoms with Crippen molar-refractivity contribution in [3.63, 3.8) is 0 Å². The molecule has 1 atom stereocenters. The van der Waals surface area contributed by atoms with Crippen LogP contribution in [0.4, 0.5) is 0 Å². The second-order valence-corrected chi connectivity index (χ2v) is 6.50. The van der Waals surface area contributed by atoms with Crippen molar-refractivity contribution < 1.29 is 0 Å². The topological polar surface area (TPSA) is 29.3 Å². The van der Waals surface area contributed by atoms with Crippen molar-refractivity contribution in [2.24, 2.45) is 5.73 Å². The summed E-state index contributed by atoms with van der Waals surface area (Å²) in [6.45, 7) is 5.84. The first-order valence-corrected chi connectivity index (χ1v) is 8.03. The standard InChI is InChI=1S/C18H23BrN2/c1-13-6-4-9-17(14(13)2)18(11-20)21(3)12-15-7-5-8-16(19)10-15/h4-10,18H,11-12,20H2,1-3H3. The number of nitrogens with two attached hydrogens (primary N) is 1. The molecule has 0 saturated heterocycles. The van der Waals surface area contributed by atoms with E-state index >= 15 is 0 Å². The molecule has 112 valence electrons. The van der Waals surface area contributed by atoms with E-state index in [1.807, 2.05) is 0 Å². The van der Waals surface area contributed by atoms with Crippen molar-refractivity contribution in [2.45, 2.75) is 26.4 Å². The van der Waals surface area contributed by atoms with Gasteiger partial charge in [0.1, 0.15) is 0 Å². The Morgan fingerprint density at radius 1 is 1.14 bits per heavy atom. The average molecular weight is 347 g/mol. The zero-order valence-electron chi connectivity index (χ0n) is 12.9. The van der Waals surface area contributed by atoms with E-state index in [-0.39, 0.29) is 6.04 Å². The van der Waals surface area contributed by atoms with Gasteiger partial charge >= 0.3 is 0 Å². The molecule has 0 aliphatic heterocycles. The maximum Gasteiger partial charge on any atom is 0.0473 e. The molecule has 1 unspecified atom stereocenters. The van der Waals surface area contributed by atoms with Gasteiger partial charge in [0.15, 0.2) is 0 Å². The molecule has 2 nitrogen and oxygen atoms in total. The minimum absolute atomic E-state index is 0.240. The summed E-state index contributed by atoms with van der Waals surface area (Å²) in [6.07, 6.45) is 0. The second kappa shape index (κ2) is 7.21. The van der Waals surface area contributed by atoms with Gasteiger partial charge in [0.2, 0.25) is 0 Å². The van der Waals surface area contributed by atoms with E-state index in [1.54, 1.807) is 0 Å². The molecule has 2 N–H and O–H groups in total. The van der Waals surface area contributed by atoms with Crippen LogP contribution in [-0.4, -0.2) is 18.5 Å². The summed E-state index contributed by atoms with van der Waals surface area (Å²) in [5.74, 6) is 0. The van der Waals surface area contributed by atoms with Gasteiger partial charge in [-0.25, -0.2) is 0 Å². The average Bonchev–Trinajstić information content (AvgIpc) is 2.44. The third-order valence-corrected chi connectivity index (χ3v) is 4.58. The second-order valence-electron chi connectivity index (χ2n) is 5.59. The Morgan fingerprint density at radius 3 is 2.52 bits per heavy atom. The molecule has 0 bridgehead atoms. The molecular formula is C18H23BrN2. The molecule has 0 aliphatic rings. The van der Waals surface area contributed by atoms with Gasteiger partial charge in [-0.1, -0.05) is 46.3 Å². The SMILES string of the molecule is Cc1cccc(C(CN)N(C)Cc2cccc(Br)c2)c1C. The van der Waals surface area contributed by atoms with Crippen LogP contribution in [0.2, 0.25) is 0 Å². The number of benzene rings is 2. The van der Waals surface area contributed by atoms with Crippen molar-refractivity contribution in [3.05, 3.63) is 69.2 Å². The lowest BCUT2D eigenvalue weighted by Gasteiger charge is -2.29. The quantitative estimate of drug-likeness (QED) is 0.878. The van der Waals surface area contributed by atoms with Crippen LogP contribution >= 0.6 is 15.9 Å². The van der Waals surface area contributed by atoms with Crippen molar-refractivity contribution in [1.82, 2.24) is 4.90 Å². The van der Waals surface area contributed by atoms with Crippen LogP contribution in [0.3, 0.4) is 0 Å². The summed E-state index contributed by atoms with van der Waals surface area (Å²) in [4.78, 5) is 2.32. The zero-order chi connectivity index (χ0) is 15.4. The van der Waals surface area contributed by atoms with E-state index in [0.717, 1.165) is 11.0 Å². The Labute approximate surface area is 136 Å². The molecule has 0 radical (unpaired) electrons. The molecule has 0 aromatic heterocycles. The van der Waals surface area contributed by atoms with Crippen molar-refractivity contribution >= 4 is 15.9 Å². The Bertz CT molecular complexity index is 610. The highest BCUT2D eigenvalue weighted by Gasteiger charge is 2.18. The fraction of sp³-hybridized carbons (Fsp3) is 0.333. The first-order chi connectivity index (χ1) is 10.0. The predicted octanol–water partition coefficient (Wildman–Crippen LogP) is 4.20. The Kier molecular flexibility index (Phi) is 5.57. The van der Waals surface area contributed by atoms with E-state index in [4.69, 9.17) is 5.73 Å². The molecule has 2 rings (SSSR count). The van der Waals surface area contributed by atoms with E-state index in [1.165, 1.54) is 22.3 Å². The van der Waals surface area contributed by atoms with Crippen LogP contribution in [0.5, 0.6) is 0 Å². The monoisotopic (exact) mass is 346 g/mol. The summed E-state index contributed by atoms with van der Waals surface area (Å²) in [6, 6.07) is 15.1. The number of likely N-dealkylation sites (N-methyl/N-ethyl adjacent to an activating group) is 1. The summed E-state index contributed by atoms with van der Waals surface area (Å²) in [5.41, 5.74) is 11.3. The van der Waals surface area contributed by atoms with Crippen LogP contribution in [0, 0.1) is 13.8 Å². The molecule has 2 aromatic rings. The molecule has 21 heavy (non-hydrogen) atoms. The van der Waals surface area contributed by atoms with Crippen LogP contribution in [0.1, 0.15) is 28.3 Å². The lowest BCUT2D eigenvalue weighted by atomic mass is 9.96. The van der Waals surface area contributed by atoms with Gasteiger partial charge in [-0.3, -0.25) is 4.90 Å². The molecule has 0 amide bonds. The number of rotatable bonds is 5. The van der Waals surface area contributed by atoms with Gasteiger partial charge in [-0.2, -0.15) is 0 Å². The maximum absolute atomic E-state index is 6.06. The molecule has 0 spiro atoms. The fourth-order valence-electron chi connectivity index (χ4n) is 2.71. The van der Waals surface area contributed by atoms with E-state index in [2.05, 4.69) is 84.2 Å². The highest BCUT2D eigenvalue weighted by molar-refractivity contribution is 9.10. The van der Waals surface area contributed by atoms with E-state index in [9.17, 15) is 0 Å². The molecule has 0 heterocycles. The largest absolute Gasteiger partial charge is 0.329 e. The number of hydrogen-bond acceptors (Lipinski definition) is 2. The molecule has 0 fully saturated rings. The smallest absolute Gasteiger partial charge is 0.0473 e. The first kappa shape index (κ1) is 16.2. The maximum atomic E-state index is 6.06. The Morgan fingerprint density at radius 2 is 1.86 bits per heavy atom. The van der Waals surface area contributed by atoms with Crippen molar-refractivity contribution in [3.8, 4) is 0 Å². The Hall–Kier alpha value is -1.16. The summed E-state index contributed by atoms with van der Waals surface area (Å²) in [7, 11) is 2.14. The predicted molar refractivity (Wildman–Crippen MR) is 93.3 cm³/mol. The number of nitrogens with zero attached hydrogens (tertiary/aromatic N) is 1. The van der Waals surface area contributed by atoms with Crippen LogP contribution < -0.4 is 5.73 Å². The van der Waals surface area contributed by atoms with Crippen molar-refractivity contribution in [2.75, 3.05) is 13.6 Å². The summed E-state index contributed by atoms with van der Waals surface area (Å²) < 4.78 is 1.12. The fourth-order valence-corrected chi connectivity index (χ4v) is 3.16. The van der Waals surface area contributed by atoms with E-state index < -0.39 is 0 Å². The minimum atomic E-state index is 0.240. The van der Waals surface area contributed by atoms with Gasteiger partial charge in [0.05, 0.1) is 0 Å². The Balaban J connectivity index is 2.22. The summed E-state index contributed by atoms with van der Waals surface area (Å²) in [5, 5.41) is 0. The third kappa shape index (κ3) is 3.94. The van der Waals surface area contributed by atoms with Gasteiger partial charge in [-0.05, 0) is 55.3 Å². The van der Waals surface area contributed by atoms with Gasteiger partial charge < -0.3 is 5.73 Å². The highest BCUT2D eigenvalue weighted by Crippen LogP contribution is 2.25. The molecule has 0 saturated carbocycles. The molecule has 2 aromatic carbocycles. The highest BCUT2D eigenvalue weighted by atomic mass is 79.9. The van der Waals surface area contributed by atoms with Gasteiger partial charge in [0, 0.05) is 23.6 Å². The zero-order valence-corrected chi connectivity index (χ0v) is 14.5. The third-order valence-electron chi connectivity index (χ3n) is 4.08. The van der Waals surface area contributed by atoms with Crippen LogP contribution in [-0.2, 0) is 6.54 Å². The van der Waals surface area contributed by atoms with Gasteiger partial charge in [0.25, 0.3) is 0 Å². The number of hydrogen-bond donors (Lipinski definition) is 1. The van der Waals surface area contributed by atoms with Crippen LogP contribution in [0.15, 0.2) is 46.9 Å². The molecular weight excluding hydrogens is 324 g/mol. The molecule has 0 aliphatic carbocycles. The number of aryl methyl sites for hydroxylation is 1. The lowest BCUT2D eigenvalue weighted by molar-refractivity contribution is 0.241. The minimum Gasteiger partial charge on any atom is -0.329 e. The van der Waals surface area contributed by atoms with Gasteiger partial charge in [-0.15, -0.1) is 0 Å². The van der Waals surface area contributed by atoms with Crippen molar-refractivity contribution in [1.29, 1.82) is 0 Å². The first-order valence-electron chi connectivity index (χ1n) is 7.23. The van der Waals surface area contributed by atoms with Crippen LogP contribution in [0.25, 0.3) is 0 Å². The normalized spacial score (nSPS) is 12.7. The number of halogens is 1.